The molecule has 0 N–H and O–H groups in total. The van der Waals surface area contributed by atoms with E-state index in [9.17, 15) is 4.79 Å². The zero-order valence-electron chi connectivity index (χ0n) is 10.4. The van der Waals surface area contributed by atoms with Gasteiger partial charge < -0.3 is 9.80 Å². The van der Waals surface area contributed by atoms with Crippen molar-refractivity contribution in [2.75, 3.05) is 31.1 Å². The van der Waals surface area contributed by atoms with Crippen LogP contribution in [0.5, 0.6) is 0 Å². The summed E-state index contributed by atoms with van der Waals surface area (Å²) < 4.78 is 0. The van der Waals surface area contributed by atoms with Gasteiger partial charge in [-0.2, -0.15) is 11.3 Å². The lowest BCUT2D eigenvalue weighted by molar-refractivity contribution is 0.0747. The molecule has 2 aromatic rings. The van der Waals surface area contributed by atoms with Crippen molar-refractivity contribution in [2.24, 2.45) is 0 Å². The van der Waals surface area contributed by atoms with Gasteiger partial charge in [0.2, 0.25) is 5.95 Å². The summed E-state index contributed by atoms with van der Waals surface area (Å²) in [5.74, 6) is 0.861. The lowest BCUT2D eigenvalue weighted by Crippen LogP contribution is -2.49. The Hall–Kier alpha value is -1.95. The molecule has 1 aliphatic heterocycles. The molecule has 0 atom stereocenters. The van der Waals surface area contributed by atoms with Crippen molar-refractivity contribution in [3.05, 3.63) is 40.8 Å². The summed E-state index contributed by atoms with van der Waals surface area (Å²) >= 11 is 1.55. The molecular formula is C13H14N4OS. The fourth-order valence-electron chi connectivity index (χ4n) is 2.13. The Balaban J connectivity index is 1.62. The van der Waals surface area contributed by atoms with Crippen LogP contribution in [0.2, 0.25) is 0 Å². The van der Waals surface area contributed by atoms with Gasteiger partial charge >= 0.3 is 0 Å². The Bertz CT molecular complexity index is 535. The van der Waals surface area contributed by atoms with Crippen LogP contribution in [0, 0.1) is 0 Å². The average Bonchev–Trinajstić information content (AvgIpc) is 3.02. The van der Waals surface area contributed by atoms with Crippen LogP contribution in [-0.2, 0) is 0 Å². The summed E-state index contributed by atoms with van der Waals surface area (Å²) in [6.07, 6.45) is 3.48. The van der Waals surface area contributed by atoms with Crippen molar-refractivity contribution in [3.63, 3.8) is 0 Å². The first-order valence-corrected chi connectivity index (χ1v) is 7.12. The van der Waals surface area contributed by atoms with Crippen molar-refractivity contribution in [1.29, 1.82) is 0 Å². The third-order valence-electron chi connectivity index (χ3n) is 3.17. The van der Waals surface area contributed by atoms with E-state index in [4.69, 9.17) is 0 Å². The number of nitrogens with zero attached hydrogens (tertiary/aromatic N) is 4. The molecule has 1 fully saturated rings. The molecule has 3 heterocycles. The maximum absolute atomic E-state index is 12.2. The standard InChI is InChI=1S/C13H14N4OS/c18-12(11-2-9-19-10-11)16-5-7-17(8-6-16)13-14-3-1-4-15-13/h1-4,9-10H,5-8H2. The quantitative estimate of drug-likeness (QED) is 0.832. The Morgan fingerprint density at radius 3 is 2.53 bits per heavy atom. The van der Waals surface area contributed by atoms with E-state index in [-0.39, 0.29) is 5.91 Å². The summed E-state index contributed by atoms with van der Waals surface area (Å²) in [5, 5.41) is 3.83. The lowest BCUT2D eigenvalue weighted by atomic mass is 10.2. The van der Waals surface area contributed by atoms with Gasteiger partial charge in [0, 0.05) is 44.0 Å². The zero-order valence-corrected chi connectivity index (χ0v) is 11.2. The molecule has 0 radical (unpaired) electrons. The minimum Gasteiger partial charge on any atom is -0.337 e. The molecular weight excluding hydrogens is 260 g/mol. The predicted molar refractivity (Wildman–Crippen MR) is 74.5 cm³/mol. The van der Waals surface area contributed by atoms with E-state index in [1.54, 1.807) is 29.8 Å². The molecule has 0 aliphatic carbocycles. The third kappa shape index (κ3) is 2.58. The van der Waals surface area contributed by atoms with Crippen LogP contribution < -0.4 is 4.90 Å². The fraction of sp³-hybridized carbons (Fsp3) is 0.308. The highest BCUT2D eigenvalue weighted by Gasteiger charge is 2.23. The first-order chi connectivity index (χ1) is 9.34. The Labute approximate surface area is 115 Å². The molecule has 3 rings (SSSR count). The number of hydrogen-bond donors (Lipinski definition) is 0. The van der Waals surface area contributed by atoms with E-state index < -0.39 is 0 Å². The largest absolute Gasteiger partial charge is 0.337 e. The highest BCUT2D eigenvalue weighted by atomic mass is 32.1. The average molecular weight is 274 g/mol. The van der Waals surface area contributed by atoms with E-state index in [1.807, 2.05) is 21.7 Å². The van der Waals surface area contributed by atoms with Crippen LogP contribution in [0.15, 0.2) is 35.3 Å². The molecule has 0 aromatic carbocycles. The monoisotopic (exact) mass is 274 g/mol. The lowest BCUT2D eigenvalue weighted by Gasteiger charge is -2.34. The van der Waals surface area contributed by atoms with Crippen LogP contribution in [0.25, 0.3) is 0 Å². The van der Waals surface area contributed by atoms with Crippen LogP contribution in [0.4, 0.5) is 5.95 Å². The molecule has 1 aliphatic rings. The molecule has 0 unspecified atom stereocenters. The number of thiophene rings is 1. The van der Waals surface area contributed by atoms with Gasteiger partial charge in [0.05, 0.1) is 5.56 Å². The minimum atomic E-state index is 0.120. The van der Waals surface area contributed by atoms with Crippen LogP contribution in [0.3, 0.4) is 0 Å². The predicted octanol–water partition coefficient (Wildman–Crippen LogP) is 1.50. The maximum atomic E-state index is 12.2. The van der Waals surface area contributed by atoms with Crippen LogP contribution in [-0.4, -0.2) is 47.0 Å². The summed E-state index contributed by atoms with van der Waals surface area (Å²) in [6, 6.07) is 3.68. The summed E-state index contributed by atoms with van der Waals surface area (Å²) in [5.41, 5.74) is 0.786. The summed E-state index contributed by atoms with van der Waals surface area (Å²) in [6.45, 7) is 2.99. The first kappa shape index (κ1) is 12.1. The maximum Gasteiger partial charge on any atom is 0.254 e. The van der Waals surface area contributed by atoms with Gasteiger partial charge in [-0.25, -0.2) is 9.97 Å². The molecule has 2 aromatic heterocycles. The Morgan fingerprint density at radius 2 is 1.89 bits per heavy atom. The van der Waals surface area contributed by atoms with E-state index >= 15 is 0 Å². The molecule has 0 bridgehead atoms. The van der Waals surface area contributed by atoms with E-state index in [0.717, 1.165) is 24.6 Å². The van der Waals surface area contributed by atoms with Gasteiger partial charge in [-0.05, 0) is 17.5 Å². The summed E-state index contributed by atoms with van der Waals surface area (Å²) in [4.78, 5) is 24.7. The van der Waals surface area contributed by atoms with E-state index in [0.29, 0.717) is 13.1 Å². The normalized spacial score (nSPS) is 15.6. The molecule has 5 nitrogen and oxygen atoms in total. The second-order valence-corrected chi connectivity index (χ2v) is 5.12. The highest BCUT2D eigenvalue weighted by Crippen LogP contribution is 2.14. The molecule has 19 heavy (non-hydrogen) atoms. The second-order valence-electron chi connectivity index (χ2n) is 4.34. The topological polar surface area (TPSA) is 49.3 Å². The fourth-order valence-corrected chi connectivity index (χ4v) is 2.76. The number of carbonyl (C=O) groups excluding carboxylic acids is 1. The number of piperazine rings is 1. The van der Waals surface area contributed by atoms with Crippen molar-refractivity contribution in [3.8, 4) is 0 Å². The van der Waals surface area contributed by atoms with E-state index in [1.165, 1.54) is 0 Å². The van der Waals surface area contributed by atoms with Gasteiger partial charge in [-0.3, -0.25) is 4.79 Å². The minimum absolute atomic E-state index is 0.120. The van der Waals surface area contributed by atoms with E-state index in [2.05, 4.69) is 14.9 Å². The van der Waals surface area contributed by atoms with Crippen molar-refractivity contribution >= 4 is 23.2 Å². The van der Waals surface area contributed by atoms with Gasteiger partial charge in [-0.15, -0.1) is 0 Å². The number of aromatic nitrogens is 2. The van der Waals surface area contributed by atoms with Crippen molar-refractivity contribution < 1.29 is 4.79 Å². The molecule has 0 saturated carbocycles. The molecule has 98 valence electrons. The van der Waals surface area contributed by atoms with Gasteiger partial charge in [0.1, 0.15) is 0 Å². The molecule has 0 spiro atoms. The number of rotatable bonds is 2. The van der Waals surface area contributed by atoms with Gasteiger partial charge in [-0.1, -0.05) is 0 Å². The Morgan fingerprint density at radius 1 is 1.16 bits per heavy atom. The Kier molecular flexibility index (Phi) is 3.41. The van der Waals surface area contributed by atoms with Crippen molar-refractivity contribution in [1.82, 2.24) is 14.9 Å². The number of amides is 1. The molecule has 1 saturated heterocycles. The first-order valence-electron chi connectivity index (χ1n) is 6.18. The molecule has 1 amide bonds. The van der Waals surface area contributed by atoms with Gasteiger partial charge in [0.15, 0.2) is 0 Å². The van der Waals surface area contributed by atoms with Crippen molar-refractivity contribution in [2.45, 2.75) is 0 Å². The molecule has 6 heteroatoms. The summed E-state index contributed by atoms with van der Waals surface area (Å²) in [7, 11) is 0. The van der Waals surface area contributed by atoms with Gasteiger partial charge in [0.25, 0.3) is 5.91 Å². The van der Waals surface area contributed by atoms with Crippen LogP contribution in [0.1, 0.15) is 10.4 Å². The number of hydrogen-bond acceptors (Lipinski definition) is 5. The number of carbonyl (C=O) groups is 1. The highest BCUT2D eigenvalue weighted by molar-refractivity contribution is 7.08. The number of anilines is 1. The third-order valence-corrected chi connectivity index (χ3v) is 3.85. The second kappa shape index (κ2) is 5.36. The zero-order chi connectivity index (χ0) is 13.1. The smallest absolute Gasteiger partial charge is 0.254 e. The van der Waals surface area contributed by atoms with Crippen LogP contribution >= 0.6 is 11.3 Å². The SMILES string of the molecule is O=C(c1ccsc1)N1CCN(c2ncccn2)CC1.